The molecule has 2 aromatic rings. The number of imidazole rings is 1. The molecule has 4 heteroatoms. The molecule has 0 bridgehead atoms. The summed E-state index contributed by atoms with van der Waals surface area (Å²) in [6.07, 6.45) is 4.41. The summed E-state index contributed by atoms with van der Waals surface area (Å²) in [5, 5.41) is 2.13. The van der Waals surface area contributed by atoms with Gasteiger partial charge in [-0.05, 0) is 37.0 Å². The van der Waals surface area contributed by atoms with Crippen molar-refractivity contribution in [3.8, 4) is 0 Å². The quantitative estimate of drug-likeness (QED) is 0.804. The average molecular weight is 252 g/mol. The number of aryl methyl sites for hydroxylation is 1. The van der Waals surface area contributed by atoms with E-state index >= 15 is 0 Å². The van der Waals surface area contributed by atoms with Crippen LogP contribution in [0.2, 0.25) is 0 Å². The summed E-state index contributed by atoms with van der Waals surface area (Å²) < 4.78 is 3.00. The van der Waals surface area contributed by atoms with E-state index in [1.54, 1.807) is 11.3 Å². The first-order valence-electron chi connectivity index (χ1n) is 5.53. The van der Waals surface area contributed by atoms with E-state index in [0.717, 1.165) is 23.3 Å². The Morgan fingerprint density at radius 1 is 1.56 bits per heavy atom. The normalized spacial score (nSPS) is 12.9. The summed E-state index contributed by atoms with van der Waals surface area (Å²) in [6, 6.07) is 4.68. The minimum atomic E-state index is 0.391. The molecule has 1 atom stereocenters. The van der Waals surface area contributed by atoms with Crippen LogP contribution in [-0.4, -0.2) is 9.55 Å². The van der Waals surface area contributed by atoms with E-state index in [9.17, 15) is 0 Å². The monoisotopic (exact) mass is 252 g/mol. The molecule has 0 aromatic carbocycles. The Balaban J connectivity index is 2.40. The van der Waals surface area contributed by atoms with Crippen LogP contribution in [0.3, 0.4) is 0 Å². The Kier molecular flexibility index (Phi) is 3.61. The topological polar surface area (TPSA) is 20.7 Å². The highest BCUT2D eigenvalue weighted by atomic mass is 32.1. The number of nitrogens with zero attached hydrogens (tertiary/aromatic N) is 1. The minimum absolute atomic E-state index is 0.391. The molecule has 2 aromatic heterocycles. The molecule has 0 spiro atoms. The zero-order chi connectivity index (χ0) is 11.5. The van der Waals surface area contributed by atoms with E-state index in [1.807, 2.05) is 6.92 Å². The lowest BCUT2D eigenvalue weighted by Crippen LogP contribution is -2.08. The van der Waals surface area contributed by atoms with Gasteiger partial charge in [0.15, 0.2) is 4.77 Å². The predicted octanol–water partition coefficient (Wildman–Crippen LogP) is 4.31. The van der Waals surface area contributed by atoms with Crippen molar-refractivity contribution in [3.05, 3.63) is 39.1 Å². The van der Waals surface area contributed by atoms with Gasteiger partial charge in [0.1, 0.15) is 0 Å². The molecular formula is C12H16N2S2. The number of aromatic nitrogens is 2. The summed E-state index contributed by atoms with van der Waals surface area (Å²) >= 11 is 7.15. The van der Waals surface area contributed by atoms with Crippen molar-refractivity contribution in [2.24, 2.45) is 0 Å². The van der Waals surface area contributed by atoms with Crippen LogP contribution in [0.4, 0.5) is 0 Å². The third-order valence-corrected chi connectivity index (χ3v) is 3.93. The maximum absolute atomic E-state index is 5.35. The molecule has 0 fully saturated rings. The first-order valence-corrected chi connectivity index (χ1v) is 6.82. The van der Waals surface area contributed by atoms with Crippen LogP contribution in [0.15, 0.2) is 23.7 Å². The highest BCUT2D eigenvalue weighted by Crippen LogP contribution is 2.27. The second kappa shape index (κ2) is 4.97. The van der Waals surface area contributed by atoms with Gasteiger partial charge in [-0.2, -0.15) is 0 Å². The molecule has 16 heavy (non-hydrogen) atoms. The summed E-state index contributed by atoms with van der Waals surface area (Å²) in [5.41, 5.74) is 1.13. The average Bonchev–Trinajstić information content (AvgIpc) is 2.85. The molecule has 2 heterocycles. The van der Waals surface area contributed by atoms with E-state index < -0.39 is 0 Å². The van der Waals surface area contributed by atoms with E-state index in [1.165, 1.54) is 4.88 Å². The lowest BCUT2D eigenvalue weighted by Gasteiger charge is -2.16. The fourth-order valence-corrected chi connectivity index (χ4v) is 3.14. The molecule has 2 nitrogen and oxygen atoms in total. The lowest BCUT2D eigenvalue weighted by atomic mass is 10.1. The fraction of sp³-hybridized carbons (Fsp3) is 0.417. The van der Waals surface area contributed by atoms with E-state index in [2.05, 4.69) is 40.2 Å². The van der Waals surface area contributed by atoms with Crippen molar-refractivity contribution >= 4 is 23.6 Å². The molecule has 0 amide bonds. The van der Waals surface area contributed by atoms with Gasteiger partial charge in [0, 0.05) is 16.8 Å². The van der Waals surface area contributed by atoms with E-state index in [0.29, 0.717) is 6.04 Å². The van der Waals surface area contributed by atoms with Crippen molar-refractivity contribution in [2.75, 3.05) is 0 Å². The summed E-state index contributed by atoms with van der Waals surface area (Å²) in [6.45, 7) is 4.26. The summed E-state index contributed by atoms with van der Waals surface area (Å²) in [5.74, 6) is 0. The van der Waals surface area contributed by atoms with Gasteiger partial charge in [0.05, 0.1) is 6.04 Å². The second-order valence-corrected chi connectivity index (χ2v) is 5.34. The van der Waals surface area contributed by atoms with Crippen LogP contribution in [0.25, 0.3) is 0 Å². The smallest absolute Gasteiger partial charge is 0.177 e. The zero-order valence-electron chi connectivity index (χ0n) is 9.56. The van der Waals surface area contributed by atoms with Gasteiger partial charge in [-0.1, -0.05) is 19.4 Å². The molecule has 0 aliphatic carbocycles. The maximum atomic E-state index is 5.35. The number of thiophene rings is 1. The standard InChI is InChI=1S/C12H16N2S2/c1-3-5-10(11-6-4-7-16-11)14-8-9(2)13-12(14)15/h4,6-8,10H,3,5H2,1-2H3,(H,13,15). The molecule has 2 rings (SSSR count). The largest absolute Gasteiger partial charge is 0.335 e. The molecule has 0 aliphatic heterocycles. The number of hydrogen-bond donors (Lipinski definition) is 1. The predicted molar refractivity (Wildman–Crippen MR) is 71.7 cm³/mol. The first kappa shape index (κ1) is 11.6. The number of aromatic amines is 1. The number of H-pyrrole nitrogens is 1. The molecule has 0 saturated heterocycles. The number of hydrogen-bond acceptors (Lipinski definition) is 2. The van der Waals surface area contributed by atoms with Crippen molar-refractivity contribution in [1.29, 1.82) is 0 Å². The molecule has 1 N–H and O–H groups in total. The van der Waals surface area contributed by atoms with Crippen molar-refractivity contribution in [2.45, 2.75) is 32.7 Å². The zero-order valence-corrected chi connectivity index (χ0v) is 11.2. The second-order valence-electron chi connectivity index (χ2n) is 3.97. The van der Waals surface area contributed by atoms with Gasteiger partial charge >= 0.3 is 0 Å². The van der Waals surface area contributed by atoms with Crippen molar-refractivity contribution < 1.29 is 0 Å². The Hall–Kier alpha value is -0.870. The molecule has 0 radical (unpaired) electrons. The summed E-state index contributed by atoms with van der Waals surface area (Å²) in [7, 11) is 0. The molecule has 0 aliphatic rings. The minimum Gasteiger partial charge on any atom is -0.335 e. The van der Waals surface area contributed by atoms with Gasteiger partial charge in [-0.25, -0.2) is 0 Å². The van der Waals surface area contributed by atoms with Gasteiger partial charge in [0.2, 0.25) is 0 Å². The van der Waals surface area contributed by atoms with Crippen LogP contribution < -0.4 is 0 Å². The lowest BCUT2D eigenvalue weighted by molar-refractivity contribution is 0.535. The Labute approximate surface area is 105 Å². The highest BCUT2D eigenvalue weighted by Gasteiger charge is 2.14. The van der Waals surface area contributed by atoms with Gasteiger partial charge in [-0.15, -0.1) is 11.3 Å². The van der Waals surface area contributed by atoms with Gasteiger partial charge < -0.3 is 9.55 Å². The molecule has 1 unspecified atom stereocenters. The number of nitrogens with one attached hydrogen (secondary N) is 1. The Morgan fingerprint density at radius 2 is 2.38 bits per heavy atom. The number of rotatable bonds is 4. The highest BCUT2D eigenvalue weighted by molar-refractivity contribution is 7.71. The van der Waals surface area contributed by atoms with Gasteiger partial charge in [0.25, 0.3) is 0 Å². The fourth-order valence-electron chi connectivity index (χ4n) is 1.94. The SMILES string of the molecule is CCCC(c1cccs1)n1cc(C)[nH]c1=S. The summed E-state index contributed by atoms with van der Waals surface area (Å²) in [4.78, 5) is 4.58. The van der Waals surface area contributed by atoms with Crippen molar-refractivity contribution in [3.63, 3.8) is 0 Å². The van der Waals surface area contributed by atoms with Crippen LogP contribution in [0.5, 0.6) is 0 Å². The van der Waals surface area contributed by atoms with Crippen molar-refractivity contribution in [1.82, 2.24) is 9.55 Å². The van der Waals surface area contributed by atoms with Crippen LogP contribution in [0, 0.1) is 11.7 Å². The van der Waals surface area contributed by atoms with Crippen LogP contribution in [0.1, 0.15) is 36.4 Å². The molecule has 86 valence electrons. The first-order chi connectivity index (χ1) is 7.72. The van der Waals surface area contributed by atoms with E-state index in [4.69, 9.17) is 12.2 Å². The molecule has 0 saturated carbocycles. The Morgan fingerprint density at radius 3 is 2.88 bits per heavy atom. The van der Waals surface area contributed by atoms with E-state index in [-0.39, 0.29) is 0 Å². The Bertz CT molecular complexity index is 493. The van der Waals surface area contributed by atoms with Crippen LogP contribution >= 0.6 is 23.6 Å². The van der Waals surface area contributed by atoms with Gasteiger partial charge in [-0.3, -0.25) is 0 Å². The maximum Gasteiger partial charge on any atom is 0.177 e. The third kappa shape index (κ3) is 2.28. The van der Waals surface area contributed by atoms with Crippen LogP contribution in [-0.2, 0) is 0 Å². The molecular weight excluding hydrogens is 236 g/mol. The third-order valence-electron chi connectivity index (χ3n) is 2.64.